The van der Waals surface area contributed by atoms with Crippen LogP contribution in [0.25, 0.3) is 0 Å². The molecular weight excluding hydrogens is 336 g/mol. The highest BCUT2D eigenvalue weighted by Gasteiger charge is 2.24. The third kappa shape index (κ3) is 4.04. The van der Waals surface area contributed by atoms with Crippen LogP contribution >= 0.6 is 11.8 Å². The van der Waals surface area contributed by atoms with E-state index < -0.39 is 10.1 Å². The topological polar surface area (TPSA) is 80.7 Å². The lowest BCUT2D eigenvalue weighted by molar-refractivity contribution is -0.114. The number of carbonyl (C=O) groups excluding carboxylic acids is 1. The van der Waals surface area contributed by atoms with Gasteiger partial charge in [-0.25, -0.2) is 0 Å². The van der Waals surface area contributed by atoms with Gasteiger partial charge in [-0.1, -0.05) is 23.9 Å². The standard InChI is InChI=1S/C16H16O5S2/c17-14-4-1-3-11-9-12-10-13(5-6-15(12)22-16(11)14)21-7-2-8-23(18,19)20/h1,3,5-6,10H,2,4,7-9H2,(H,18,19,20). The van der Waals surface area contributed by atoms with Gasteiger partial charge in [-0.05, 0) is 42.2 Å². The smallest absolute Gasteiger partial charge is 0.264 e. The highest BCUT2D eigenvalue weighted by molar-refractivity contribution is 8.04. The number of Topliss-reactive ketones (excluding diaryl/α,β-unsaturated/α-hetero) is 1. The largest absolute Gasteiger partial charge is 0.494 e. The van der Waals surface area contributed by atoms with Gasteiger partial charge in [-0.3, -0.25) is 9.35 Å². The number of thioether (sulfide) groups is 1. The van der Waals surface area contributed by atoms with Gasteiger partial charge in [0.1, 0.15) is 5.75 Å². The Morgan fingerprint density at radius 3 is 2.91 bits per heavy atom. The summed E-state index contributed by atoms with van der Waals surface area (Å²) in [6, 6.07) is 5.66. The Morgan fingerprint density at radius 2 is 2.13 bits per heavy atom. The Balaban J connectivity index is 1.66. The van der Waals surface area contributed by atoms with E-state index in [0.29, 0.717) is 18.6 Å². The van der Waals surface area contributed by atoms with Crippen molar-refractivity contribution in [1.29, 1.82) is 0 Å². The van der Waals surface area contributed by atoms with Crippen LogP contribution in [0.5, 0.6) is 5.75 Å². The van der Waals surface area contributed by atoms with Gasteiger partial charge >= 0.3 is 0 Å². The van der Waals surface area contributed by atoms with Gasteiger partial charge in [-0.15, -0.1) is 0 Å². The fourth-order valence-electron chi connectivity index (χ4n) is 2.55. The van der Waals surface area contributed by atoms with Crippen molar-refractivity contribution in [3.8, 4) is 5.75 Å². The van der Waals surface area contributed by atoms with Crippen LogP contribution in [0.15, 0.2) is 45.7 Å². The zero-order chi connectivity index (χ0) is 16.4. The number of rotatable bonds is 5. The Bertz CT molecular complexity index is 806. The van der Waals surface area contributed by atoms with E-state index in [4.69, 9.17) is 9.29 Å². The van der Waals surface area contributed by atoms with Gasteiger partial charge in [0.05, 0.1) is 17.3 Å². The van der Waals surface area contributed by atoms with Gasteiger partial charge in [-0.2, -0.15) is 8.42 Å². The summed E-state index contributed by atoms with van der Waals surface area (Å²) in [4.78, 5) is 13.8. The van der Waals surface area contributed by atoms with E-state index >= 15 is 0 Å². The number of hydrogen-bond acceptors (Lipinski definition) is 5. The molecule has 0 aromatic heterocycles. The van der Waals surface area contributed by atoms with Crippen LogP contribution in [0, 0.1) is 0 Å². The summed E-state index contributed by atoms with van der Waals surface area (Å²) in [5, 5.41) is 0. The quantitative estimate of drug-likeness (QED) is 0.648. The van der Waals surface area contributed by atoms with Crippen molar-refractivity contribution < 1.29 is 22.5 Å². The Morgan fingerprint density at radius 1 is 1.30 bits per heavy atom. The summed E-state index contributed by atoms with van der Waals surface area (Å²) < 4.78 is 35.5. The van der Waals surface area contributed by atoms with Crippen molar-refractivity contribution >= 4 is 27.7 Å². The summed E-state index contributed by atoms with van der Waals surface area (Å²) >= 11 is 1.50. The maximum absolute atomic E-state index is 11.9. The van der Waals surface area contributed by atoms with Crippen LogP contribution in [-0.2, 0) is 21.3 Å². The number of carbonyl (C=O) groups is 1. The molecule has 7 heteroatoms. The van der Waals surface area contributed by atoms with Crippen LogP contribution in [-0.4, -0.2) is 31.1 Å². The molecular formula is C16H16O5S2. The van der Waals surface area contributed by atoms with E-state index in [0.717, 1.165) is 20.9 Å². The van der Waals surface area contributed by atoms with E-state index in [1.165, 1.54) is 11.8 Å². The number of ketones is 1. The van der Waals surface area contributed by atoms with Crippen molar-refractivity contribution in [1.82, 2.24) is 0 Å². The molecule has 5 nitrogen and oxygen atoms in total. The summed E-state index contributed by atoms with van der Waals surface area (Å²) in [7, 11) is -3.94. The molecule has 0 bridgehead atoms. The minimum Gasteiger partial charge on any atom is -0.494 e. The van der Waals surface area contributed by atoms with E-state index in [2.05, 4.69) is 0 Å². The maximum Gasteiger partial charge on any atom is 0.264 e. The molecule has 1 N–H and O–H groups in total. The second-order valence-corrected chi connectivity index (χ2v) is 8.04. The Kier molecular flexibility index (Phi) is 4.61. The first-order valence-electron chi connectivity index (χ1n) is 7.24. The fourth-order valence-corrected chi connectivity index (χ4v) is 4.12. The fraction of sp³-hybridized carbons (Fsp3) is 0.312. The monoisotopic (exact) mass is 352 g/mol. The second-order valence-electron chi connectivity index (χ2n) is 5.42. The molecule has 0 radical (unpaired) electrons. The first-order valence-corrected chi connectivity index (χ1v) is 9.66. The summed E-state index contributed by atoms with van der Waals surface area (Å²) in [6.45, 7) is 0.220. The molecule has 2 aliphatic rings. The maximum atomic E-state index is 11.9. The van der Waals surface area contributed by atoms with Crippen LogP contribution in [0.1, 0.15) is 18.4 Å². The average Bonchev–Trinajstić information content (AvgIpc) is 2.49. The first-order chi connectivity index (χ1) is 10.9. The molecule has 1 aliphatic carbocycles. The van der Waals surface area contributed by atoms with Gasteiger partial charge in [0.25, 0.3) is 10.1 Å². The molecule has 1 heterocycles. The minimum absolute atomic E-state index is 0.170. The van der Waals surface area contributed by atoms with Crippen LogP contribution in [0.4, 0.5) is 0 Å². The van der Waals surface area contributed by atoms with Crippen molar-refractivity contribution in [2.45, 2.75) is 24.2 Å². The predicted molar refractivity (Wildman–Crippen MR) is 88.3 cm³/mol. The SMILES string of the molecule is O=C1CC=CC2=C1Sc1ccc(OCCCS(=O)(=O)O)cc1C2. The summed E-state index contributed by atoms with van der Waals surface area (Å²) in [5.74, 6) is 0.523. The highest BCUT2D eigenvalue weighted by atomic mass is 32.2. The number of allylic oxidation sites excluding steroid dienone is 4. The average molecular weight is 352 g/mol. The van der Waals surface area contributed by atoms with Crippen LogP contribution < -0.4 is 4.74 Å². The molecule has 3 rings (SSSR count). The molecule has 1 aliphatic heterocycles. The number of hydrogen-bond donors (Lipinski definition) is 1. The minimum atomic E-state index is -3.94. The van der Waals surface area contributed by atoms with Crippen LogP contribution in [0.2, 0.25) is 0 Å². The Hall–Kier alpha value is -1.57. The third-order valence-electron chi connectivity index (χ3n) is 3.61. The van der Waals surface area contributed by atoms with Crippen molar-refractivity contribution in [3.05, 3.63) is 46.4 Å². The number of fused-ring (bicyclic) bond motifs is 1. The molecule has 0 saturated heterocycles. The second kappa shape index (κ2) is 6.51. The number of ether oxygens (including phenoxy) is 1. The summed E-state index contributed by atoms with van der Waals surface area (Å²) in [5.41, 5.74) is 2.14. The molecule has 0 amide bonds. The first kappa shape index (κ1) is 16.3. The molecule has 1 aromatic carbocycles. The lowest BCUT2D eigenvalue weighted by atomic mass is 9.98. The van der Waals surface area contributed by atoms with E-state index in [1.807, 2.05) is 30.4 Å². The number of benzene rings is 1. The van der Waals surface area contributed by atoms with Gasteiger partial charge < -0.3 is 4.74 Å². The lowest BCUT2D eigenvalue weighted by Crippen LogP contribution is -2.11. The molecule has 0 saturated carbocycles. The van der Waals surface area contributed by atoms with Crippen molar-refractivity contribution in [3.63, 3.8) is 0 Å². The molecule has 1 aromatic rings. The van der Waals surface area contributed by atoms with Crippen molar-refractivity contribution in [2.75, 3.05) is 12.4 Å². The molecule has 0 atom stereocenters. The van der Waals surface area contributed by atoms with Gasteiger partial charge in [0, 0.05) is 11.3 Å². The normalized spacial score (nSPS) is 17.0. The van der Waals surface area contributed by atoms with Crippen molar-refractivity contribution in [2.24, 2.45) is 0 Å². The molecule has 0 spiro atoms. The molecule has 122 valence electrons. The molecule has 0 fully saturated rings. The molecule has 0 unspecified atom stereocenters. The van der Waals surface area contributed by atoms with E-state index in [1.54, 1.807) is 0 Å². The predicted octanol–water partition coefficient (Wildman–Crippen LogP) is 2.77. The van der Waals surface area contributed by atoms with Gasteiger partial charge in [0.15, 0.2) is 5.78 Å². The Labute approximate surface area is 139 Å². The third-order valence-corrected chi connectivity index (χ3v) is 5.72. The van der Waals surface area contributed by atoms with E-state index in [-0.39, 0.29) is 24.6 Å². The van der Waals surface area contributed by atoms with Crippen LogP contribution in [0.3, 0.4) is 0 Å². The lowest BCUT2D eigenvalue weighted by Gasteiger charge is -2.22. The highest BCUT2D eigenvalue weighted by Crippen LogP contribution is 2.42. The van der Waals surface area contributed by atoms with E-state index in [9.17, 15) is 13.2 Å². The zero-order valence-electron chi connectivity index (χ0n) is 12.3. The summed E-state index contributed by atoms with van der Waals surface area (Å²) in [6.07, 6.45) is 5.30. The molecule has 23 heavy (non-hydrogen) atoms. The van der Waals surface area contributed by atoms with Gasteiger partial charge in [0.2, 0.25) is 0 Å². The zero-order valence-corrected chi connectivity index (χ0v) is 14.0.